The van der Waals surface area contributed by atoms with E-state index in [1.165, 1.54) is 69.9 Å². The Morgan fingerprint density at radius 3 is 1.05 bits per heavy atom. The second kappa shape index (κ2) is 42.5. The third-order valence-electron chi connectivity index (χ3n) is 8.31. The summed E-state index contributed by atoms with van der Waals surface area (Å²) in [5.74, 6) is 0. The smallest absolute Gasteiger partial charge is 0.299 e. The summed E-state index contributed by atoms with van der Waals surface area (Å²) in [6, 6.07) is 3.44. The lowest BCUT2D eigenvalue weighted by Crippen LogP contribution is -2.16. The second-order valence-corrected chi connectivity index (χ2v) is 13.1. The van der Waals surface area contributed by atoms with Crippen LogP contribution in [0.4, 0.5) is 17.1 Å². The molecule has 338 valence electrons. The van der Waals surface area contributed by atoms with Crippen molar-refractivity contribution >= 4 is 17.1 Å². The molecule has 0 fully saturated rings. The van der Waals surface area contributed by atoms with E-state index in [2.05, 4.69) is 12.2 Å². The molecule has 0 unspecified atom stereocenters. The molecule has 0 atom stereocenters. The largest absolute Gasteiger partial charge is 0.379 e. The highest BCUT2D eigenvalue weighted by atomic mass is 16.6. The van der Waals surface area contributed by atoms with Crippen LogP contribution in [-0.4, -0.2) is 162 Å². The average Bonchev–Trinajstić information content (AvgIpc) is 3.22. The molecule has 0 aliphatic carbocycles. The van der Waals surface area contributed by atoms with Gasteiger partial charge in [-0.25, -0.2) is 0 Å². The van der Waals surface area contributed by atoms with E-state index in [-0.39, 0.29) is 23.7 Å². The van der Waals surface area contributed by atoms with Crippen LogP contribution in [0.5, 0.6) is 0 Å². The molecule has 0 saturated heterocycles. The van der Waals surface area contributed by atoms with Gasteiger partial charge in [0.2, 0.25) is 0 Å². The molecular formula is C40H73N3O15. The topological polar surface area (TPSA) is 200 Å². The van der Waals surface area contributed by atoms with Crippen molar-refractivity contribution < 1.29 is 62.0 Å². The first-order chi connectivity index (χ1) is 28.6. The van der Waals surface area contributed by atoms with Crippen molar-refractivity contribution in [3.63, 3.8) is 0 Å². The Morgan fingerprint density at radius 1 is 0.414 bits per heavy atom. The quantitative estimate of drug-likeness (QED) is 0.0454. The lowest BCUT2D eigenvalue weighted by atomic mass is 10.1. The molecule has 0 radical (unpaired) electrons. The van der Waals surface area contributed by atoms with Gasteiger partial charge in [-0.3, -0.25) is 20.2 Å². The van der Waals surface area contributed by atoms with Gasteiger partial charge in [0.1, 0.15) is 5.69 Å². The molecule has 0 aliphatic heterocycles. The van der Waals surface area contributed by atoms with Gasteiger partial charge in [-0.2, -0.15) is 0 Å². The number of hydrogen-bond acceptors (Lipinski definition) is 16. The maximum Gasteiger partial charge on any atom is 0.299 e. The van der Waals surface area contributed by atoms with E-state index in [4.69, 9.17) is 52.1 Å². The Bertz CT molecular complexity index is 1080. The first-order valence-electron chi connectivity index (χ1n) is 21.1. The van der Waals surface area contributed by atoms with Crippen molar-refractivity contribution in [3.05, 3.63) is 38.4 Å². The van der Waals surface area contributed by atoms with E-state index in [1.807, 2.05) is 0 Å². The summed E-state index contributed by atoms with van der Waals surface area (Å²) >= 11 is 0. The van der Waals surface area contributed by atoms with Crippen LogP contribution in [0.2, 0.25) is 0 Å². The number of nitro benzene ring substituents is 2. The summed E-state index contributed by atoms with van der Waals surface area (Å²) in [4.78, 5) is 20.6. The van der Waals surface area contributed by atoms with Gasteiger partial charge in [-0.15, -0.1) is 0 Å². The summed E-state index contributed by atoms with van der Waals surface area (Å²) in [6.45, 7) is 13.3. The summed E-state index contributed by atoms with van der Waals surface area (Å²) in [5, 5.41) is 24.8. The third-order valence-corrected chi connectivity index (χ3v) is 8.31. The Labute approximate surface area is 345 Å². The number of hydrogen-bond donors (Lipinski definition) is 1. The zero-order valence-corrected chi connectivity index (χ0v) is 35.1. The number of nitrogens with one attached hydrogen (secondary N) is 1. The summed E-state index contributed by atoms with van der Waals surface area (Å²) in [6.07, 6.45) is 13.3. The SMILES string of the molecule is CCCCCCCCCCCCOCCOCCOCCOCCOCCOCCOCCOCCOCCOCCOCCNc1ccc([N+](=O)[O-])cc1[N+](=O)[O-]. The minimum atomic E-state index is -0.679. The van der Waals surface area contributed by atoms with Crippen molar-refractivity contribution in [1.29, 1.82) is 0 Å². The van der Waals surface area contributed by atoms with Gasteiger partial charge in [0, 0.05) is 19.2 Å². The number of nitrogens with zero attached hydrogens (tertiary/aromatic N) is 2. The molecule has 0 heterocycles. The first-order valence-corrected chi connectivity index (χ1v) is 21.1. The van der Waals surface area contributed by atoms with Gasteiger partial charge >= 0.3 is 0 Å². The van der Waals surface area contributed by atoms with Crippen LogP contribution < -0.4 is 5.32 Å². The summed E-state index contributed by atoms with van der Waals surface area (Å²) in [5.41, 5.74) is -0.522. The van der Waals surface area contributed by atoms with Crippen LogP contribution >= 0.6 is 0 Å². The van der Waals surface area contributed by atoms with Crippen LogP contribution in [0, 0.1) is 20.2 Å². The normalized spacial score (nSPS) is 11.4. The number of anilines is 1. The van der Waals surface area contributed by atoms with Gasteiger partial charge in [0.15, 0.2) is 0 Å². The molecule has 18 heteroatoms. The number of benzene rings is 1. The van der Waals surface area contributed by atoms with Gasteiger partial charge in [0.25, 0.3) is 11.4 Å². The minimum Gasteiger partial charge on any atom is -0.379 e. The molecule has 1 aromatic carbocycles. The highest BCUT2D eigenvalue weighted by molar-refractivity contribution is 5.65. The van der Waals surface area contributed by atoms with Gasteiger partial charge < -0.3 is 57.4 Å². The van der Waals surface area contributed by atoms with Gasteiger partial charge in [-0.1, -0.05) is 64.7 Å². The van der Waals surface area contributed by atoms with Crippen molar-refractivity contribution in [3.8, 4) is 0 Å². The highest BCUT2D eigenvalue weighted by Gasteiger charge is 2.19. The maximum absolute atomic E-state index is 11.2. The molecule has 0 aromatic heterocycles. The Hall–Kier alpha value is -2.62. The van der Waals surface area contributed by atoms with Crippen LogP contribution in [0.1, 0.15) is 71.1 Å². The molecule has 0 bridgehead atoms. The third kappa shape index (κ3) is 35.3. The summed E-state index contributed by atoms with van der Waals surface area (Å²) in [7, 11) is 0. The maximum atomic E-state index is 11.2. The first kappa shape index (κ1) is 53.4. The van der Waals surface area contributed by atoms with E-state index < -0.39 is 9.85 Å². The predicted molar refractivity (Wildman–Crippen MR) is 219 cm³/mol. The molecule has 0 saturated carbocycles. The lowest BCUT2D eigenvalue weighted by Gasteiger charge is -2.09. The molecule has 1 N–H and O–H groups in total. The average molecular weight is 836 g/mol. The fraction of sp³-hybridized carbons (Fsp3) is 0.850. The van der Waals surface area contributed by atoms with E-state index in [9.17, 15) is 20.2 Å². The summed E-state index contributed by atoms with van der Waals surface area (Å²) < 4.78 is 60.5. The molecule has 0 aliphatic rings. The number of unbranched alkanes of at least 4 members (excludes halogenated alkanes) is 9. The van der Waals surface area contributed by atoms with Crippen LogP contribution in [-0.2, 0) is 52.1 Å². The number of nitro groups is 2. The zero-order valence-electron chi connectivity index (χ0n) is 35.1. The second-order valence-electron chi connectivity index (χ2n) is 13.1. The van der Waals surface area contributed by atoms with Gasteiger partial charge in [0.05, 0.1) is 155 Å². The Morgan fingerprint density at radius 2 is 0.724 bits per heavy atom. The van der Waals surface area contributed by atoms with Crippen LogP contribution in [0.3, 0.4) is 0 Å². The Kier molecular flexibility index (Phi) is 39.1. The zero-order chi connectivity index (χ0) is 41.8. The van der Waals surface area contributed by atoms with Crippen molar-refractivity contribution in [1.82, 2.24) is 0 Å². The predicted octanol–water partition coefficient (Wildman–Crippen LogP) is 6.02. The standard InChI is InChI=1S/C40H73N3O15/c1-2-3-4-5-6-7-8-9-10-11-15-48-17-19-50-21-23-52-25-27-54-29-31-56-33-35-58-36-34-57-32-30-55-28-26-53-24-22-51-20-18-49-16-14-41-39-13-12-38(42(44)45)37-40(39)43(46)47/h12-13,37,41H,2-11,14-36H2,1H3. The molecular weight excluding hydrogens is 762 g/mol. The lowest BCUT2D eigenvalue weighted by molar-refractivity contribution is -0.393. The van der Waals surface area contributed by atoms with E-state index in [0.717, 1.165) is 19.1 Å². The number of non-ortho nitro benzene ring substituents is 1. The molecule has 18 nitrogen and oxygen atoms in total. The Balaban J connectivity index is 1.67. The van der Waals surface area contributed by atoms with E-state index in [1.54, 1.807) is 0 Å². The van der Waals surface area contributed by atoms with Crippen molar-refractivity contribution in [2.24, 2.45) is 0 Å². The van der Waals surface area contributed by atoms with Crippen LogP contribution in [0.25, 0.3) is 0 Å². The molecule has 0 amide bonds. The van der Waals surface area contributed by atoms with E-state index in [0.29, 0.717) is 139 Å². The van der Waals surface area contributed by atoms with E-state index >= 15 is 0 Å². The molecule has 58 heavy (non-hydrogen) atoms. The number of rotatable bonds is 47. The minimum absolute atomic E-state index is 0.187. The molecule has 1 aromatic rings. The molecule has 0 spiro atoms. The monoisotopic (exact) mass is 836 g/mol. The fourth-order valence-electron chi connectivity index (χ4n) is 5.18. The highest BCUT2D eigenvalue weighted by Crippen LogP contribution is 2.28. The van der Waals surface area contributed by atoms with Crippen molar-refractivity contribution in [2.45, 2.75) is 71.1 Å². The fourth-order valence-corrected chi connectivity index (χ4v) is 5.18. The molecule has 1 rings (SSSR count). The van der Waals surface area contributed by atoms with Gasteiger partial charge in [-0.05, 0) is 12.5 Å². The van der Waals surface area contributed by atoms with Crippen molar-refractivity contribution in [2.75, 3.05) is 157 Å². The number of ether oxygens (including phenoxy) is 11. The van der Waals surface area contributed by atoms with Crippen LogP contribution in [0.15, 0.2) is 18.2 Å².